The highest BCUT2D eigenvalue weighted by Crippen LogP contribution is 2.16. The Balaban J connectivity index is 1.84. The normalized spacial score (nSPS) is 16.7. The van der Waals surface area contributed by atoms with Gasteiger partial charge in [-0.15, -0.1) is 0 Å². The third kappa shape index (κ3) is 5.76. The summed E-state index contributed by atoms with van der Waals surface area (Å²) in [6.45, 7) is 6.93. The molecule has 0 unspecified atom stereocenters. The molecule has 1 heterocycles. The highest BCUT2D eigenvalue weighted by atomic mass is 32.2. The quantitative estimate of drug-likeness (QED) is 0.742. The Morgan fingerprint density at radius 1 is 1.22 bits per heavy atom. The van der Waals surface area contributed by atoms with Crippen LogP contribution in [0, 0.1) is 0 Å². The van der Waals surface area contributed by atoms with E-state index in [1.165, 1.54) is 25.0 Å². The lowest BCUT2D eigenvalue weighted by molar-refractivity contribution is 0.135. The molecule has 3 N–H and O–H groups in total. The lowest BCUT2D eigenvalue weighted by Gasteiger charge is -2.34. The fourth-order valence-electron chi connectivity index (χ4n) is 2.94. The molecule has 0 radical (unpaired) electrons. The molecule has 1 aromatic carbocycles. The van der Waals surface area contributed by atoms with Crippen molar-refractivity contribution < 1.29 is 13.2 Å². The number of rotatable bonds is 8. The Morgan fingerprint density at radius 3 is 2.43 bits per heavy atom. The van der Waals surface area contributed by atoms with Gasteiger partial charge in [-0.05, 0) is 63.2 Å². The van der Waals surface area contributed by atoms with Crippen molar-refractivity contribution in [1.82, 2.24) is 10.2 Å². The number of primary sulfonamides is 1. The molecule has 7 heteroatoms. The molecule has 1 saturated heterocycles. The van der Waals surface area contributed by atoms with E-state index in [-0.39, 0.29) is 4.90 Å². The molecule has 1 aliphatic rings. The van der Waals surface area contributed by atoms with Gasteiger partial charge in [0.25, 0.3) is 0 Å². The number of nitrogens with one attached hydrogen (secondary N) is 1. The largest absolute Gasteiger partial charge is 0.492 e. The van der Waals surface area contributed by atoms with Gasteiger partial charge in [-0.1, -0.05) is 6.92 Å². The second-order valence-corrected chi connectivity index (χ2v) is 7.44. The van der Waals surface area contributed by atoms with Crippen molar-refractivity contribution in [2.24, 2.45) is 5.14 Å². The number of hydrogen-bond donors (Lipinski definition) is 2. The maximum Gasteiger partial charge on any atom is 0.238 e. The SMILES string of the molecule is CCCN(CCOc1ccc(S(N)(=O)=O)cc1)C1CCNCC1. The summed E-state index contributed by atoms with van der Waals surface area (Å²) in [5, 5.41) is 8.48. The van der Waals surface area contributed by atoms with Crippen molar-refractivity contribution in [2.75, 3.05) is 32.8 Å². The van der Waals surface area contributed by atoms with Gasteiger partial charge in [0.15, 0.2) is 0 Å². The van der Waals surface area contributed by atoms with Crippen molar-refractivity contribution in [3.8, 4) is 5.75 Å². The van der Waals surface area contributed by atoms with Crippen LogP contribution in [0.5, 0.6) is 5.75 Å². The molecule has 1 aromatic rings. The zero-order valence-corrected chi connectivity index (χ0v) is 14.5. The van der Waals surface area contributed by atoms with Gasteiger partial charge in [-0.3, -0.25) is 4.90 Å². The molecular formula is C16H27N3O3S. The average molecular weight is 341 g/mol. The summed E-state index contributed by atoms with van der Waals surface area (Å²) in [6.07, 6.45) is 3.50. The van der Waals surface area contributed by atoms with E-state index in [1.54, 1.807) is 12.1 Å². The number of benzene rings is 1. The minimum Gasteiger partial charge on any atom is -0.492 e. The summed E-state index contributed by atoms with van der Waals surface area (Å²) in [6, 6.07) is 6.87. The van der Waals surface area contributed by atoms with Crippen molar-refractivity contribution in [3.63, 3.8) is 0 Å². The first-order valence-corrected chi connectivity index (χ1v) is 9.76. The number of nitrogens with two attached hydrogens (primary N) is 1. The fraction of sp³-hybridized carbons (Fsp3) is 0.625. The summed E-state index contributed by atoms with van der Waals surface area (Å²) in [4.78, 5) is 2.60. The maximum atomic E-state index is 11.2. The van der Waals surface area contributed by atoms with Crippen LogP contribution in [0.3, 0.4) is 0 Å². The fourth-order valence-corrected chi connectivity index (χ4v) is 3.46. The molecule has 0 saturated carbocycles. The molecule has 6 nitrogen and oxygen atoms in total. The van der Waals surface area contributed by atoms with E-state index < -0.39 is 10.0 Å². The van der Waals surface area contributed by atoms with E-state index in [4.69, 9.17) is 9.88 Å². The van der Waals surface area contributed by atoms with Crippen LogP contribution < -0.4 is 15.2 Å². The minimum atomic E-state index is -3.65. The van der Waals surface area contributed by atoms with Crippen LogP contribution in [0.4, 0.5) is 0 Å². The summed E-state index contributed by atoms with van der Waals surface area (Å²) < 4.78 is 28.2. The molecule has 0 atom stereocenters. The van der Waals surface area contributed by atoms with Gasteiger partial charge in [0, 0.05) is 12.6 Å². The van der Waals surface area contributed by atoms with E-state index in [0.717, 1.165) is 32.6 Å². The Labute approximate surface area is 139 Å². The minimum absolute atomic E-state index is 0.104. The predicted molar refractivity (Wildman–Crippen MR) is 91.1 cm³/mol. The third-order valence-electron chi connectivity index (χ3n) is 4.14. The van der Waals surface area contributed by atoms with Gasteiger partial charge < -0.3 is 10.1 Å². The zero-order chi connectivity index (χ0) is 16.7. The number of nitrogens with zero attached hydrogens (tertiary/aromatic N) is 1. The predicted octanol–water partition coefficient (Wildman–Crippen LogP) is 1.18. The Bertz CT molecular complexity index is 569. The second-order valence-electron chi connectivity index (χ2n) is 5.88. The molecule has 1 fully saturated rings. The highest BCUT2D eigenvalue weighted by molar-refractivity contribution is 7.89. The Morgan fingerprint density at radius 2 is 1.87 bits per heavy atom. The first-order valence-electron chi connectivity index (χ1n) is 8.21. The van der Waals surface area contributed by atoms with Crippen molar-refractivity contribution in [3.05, 3.63) is 24.3 Å². The van der Waals surface area contributed by atoms with Crippen LogP contribution in [-0.2, 0) is 10.0 Å². The van der Waals surface area contributed by atoms with Crippen LogP contribution in [0.1, 0.15) is 26.2 Å². The number of ether oxygens (including phenoxy) is 1. The topological polar surface area (TPSA) is 84.7 Å². The Hall–Kier alpha value is -1.15. The maximum absolute atomic E-state index is 11.2. The summed E-state index contributed by atoms with van der Waals surface area (Å²) in [5.41, 5.74) is 0. The molecule has 0 aromatic heterocycles. The van der Waals surface area contributed by atoms with Gasteiger partial charge in [-0.25, -0.2) is 13.6 Å². The van der Waals surface area contributed by atoms with Gasteiger partial charge in [0.2, 0.25) is 10.0 Å². The van der Waals surface area contributed by atoms with E-state index in [1.807, 2.05) is 0 Å². The molecule has 2 rings (SSSR count). The number of sulfonamides is 1. The van der Waals surface area contributed by atoms with Crippen molar-refractivity contribution in [1.29, 1.82) is 0 Å². The monoisotopic (exact) mass is 341 g/mol. The molecule has 0 bridgehead atoms. The first kappa shape index (κ1) is 18.2. The standard InChI is InChI=1S/C16H27N3O3S/c1-2-11-19(14-7-9-18-10-8-14)12-13-22-15-3-5-16(6-4-15)23(17,20)21/h3-6,14,18H,2,7-13H2,1H3,(H2,17,20,21). The van der Waals surface area contributed by atoms with Crippen LogP contribution in [-0.4, -0.2) is 52.1 Å². The Kier molecular flexibility index (Phi) is 6.83. The molecule has 0 amide bonds. The molecule has 0 aliphatic carbocycles. The van der Waals surface area contributed by atoms with Gasteiger partial charge >= 0.3 is 0 Å². The van der Waals surface area contributed by atoms with Gasteiger partial charge in [0.05, 0.1) is 4.90 Å². The van der Waals surface area contributed by atoms with E-state index in [2.05, 4.69) is 17.1 Å². The summed E-state index contributed by atoms with van der Waals surface area (Å²) >= 11 is 0. The number of piperidine rings is 1. The van der Waals surface area contributed by atoms with Crippen molar-refractivity contribution >= 4 is 10.0 Å². The third-order valence-corrected chi connectivity index (χ3v) is 5.06. The summed E-state index contributed by atoms with van der Waals surface area (Å²) in [7, 11) is -3.65. The highest BCUT2D eigenvalue weighted by Gasteiger charge is 2.20. The van der Waals surface area contributed by atoms with Gasteiger partial charge in [-0.2, -0.15) is 0 Å². The first-order chi connectivity index (χ1) is 11.0. The summed E-state index contributed by atoms with van der Waals surface area (Å²) in [5.74, 6) is 0.666. The van der Waals surface area contributed by atoms with E-state index >= 15 is 0 Å². The van der Waals surface area contributed by atoms with Crippen LogP contribution >= 0.6 is 0 Å². The molecule has 0 spiro atoms. The zero-order valence-electron chi connectivity index (χ0n) is 13.7. The molecule has 1 aliphatic heterocycles. The molecular weight excluding hydrogens is 314 g/mol. The lowest BCUT2D eigenvalue weighted by atomic mass is 10.0. The van der Waals surface area contributed by atoms with Crippen LogP contribution in [0.25, 0.3) is 0 Å². The average Bonchev–Trinajstić information content (AvgIpc) is 2.54. The molecule has 23 heavy (non-hydrogen) atoms. The lowest BCUT2D eigenvalue weighted by Crippen LogP contribution is -2.45. The smallest absolute Gasteiger partial charge is 0.238 e. The van der Waals surface area contributed by atoms with Crippen LogP contribution in [0.15, 0.2) is 29.2 Å². The molecule has 130 valence electrons. The van der Waals surface area contributed by atoms with Gasteiger partial charge in [0.1, 0.15) is 12.4 Å². The second kappa shape index (κ2) is 8.63. The number of hydrogen-bond acceptors (Lipinski definition) is 5. The van der Waals surface area contributed by atoms with E-state index in [9.17, 15) is 8.42 Å². The van der Waals surface area contributed by atoms with Crippen molar-refractivity contribution in [2.45, 2.75) is 37.1 Å². The van der Waals surface area contributed by atoms with Crippen LogP contribution in [0.2, 0.25) is 0 Å². The van der Waals surface area contributed by atoms with E-state index in [0.29, 0.717) is 18.4 Å².